The molecule has 0 aliphatic heterocycles. The number of carboxylic acid groups (broad SMARTS) is 1. The van der Waals surface area contributed by atoms with Crippen molar-refractivity contribution in [3.05, 3.63) is 16.1 Å². The van der Waals surface area contributed by atoms with Gasteiger partial charge in [0.25, 0.3) is 0 Å². The monoisotopic (exact) mass is 347 g/mol. The Bertz CT molecular complexity index is 690. The van der Waals surface area contributed by atoms with Crippen molar-refractivity contribution in [2.24, 2.45) is 0 Å². The molecule has 21 heavy (non-hydrogen) atoms. The van der Waals surface area contributed by atoms with E-state index in [9.17, 15) is 9.59 Å². The molecule has 0 unspecified atom stereocenters. The molecule has 0 aliphatic rings. The second kappa shape index (κ2) is 7.02. The fourth-order valence-corrected chi connectivity index (χ4v) is 2.92. The Kier molecular flexibility index (Phi) is 5.33. The zero-order chi connectivity index (χ0) is 15.4. The first-order valence-corrected chi connectivity index (χ1v) is 7.59. The lowest BCUT2D eigenvalue weighted by Gasteiger charge is -2.08. The number of benzene rings is 1. The molecule has 6 nitrogen and oxygen atoms in total. The van der Waals surface area contributed by atoms with Crippen molar-refractivity contribution >= 4 is 63.5 Å². The number of hydrogen-bond acceptors (Lipinski definition) is 5. The van der Waals surface area contributed by atoms with Crippen LogP contribution in [-0.2, 0) is 9.59 Å². The van der Waals surface area contributed by atoms with Gasteiger partial charge in [-0.1, -0.05) is 23.2 Å². The smallest absolute Gasteiger partial charge is 0.303 e. The molecule has 0 aliphatic carbocycles. The molecule has 0 atom stereocenters. The summed E-state index contributed by atoms with van der Waals surface area (Å²) in [5.41, 5.74) is 1.33. The van der Waals surface area contributed by atoms with E-state index in [2.05, 4.69) is 14.1 Å². The normalized spacial score (nSPS) is 10.8. The minimum atomic E-state index is -0.869. The summed E-state index contributed by atoms with van der Waals surface area (Å²) in [5, 5.41) is 11.9. The molecule has 0 fully saturated rings. The second-order valence-electron chi connectivity index (χ2n) is 4.33. The van der Waals surface area contributed by atoms with Crippen LogP contribution in [0.25, 0.3) is 11.0 Å². The van der Waals surface area contributed by atoms with Crippen molar-refractivity contribution in [3.8, 4) is 0 Å². The average molecular weight is 348 g/mol. The molecule has 1 aromatic heterocycles. The first-order valence-electron chi connectivity index (χ1n) is 6.11. The van der Waals surface area contributed by atoms with E-state index < -0.39 is 5.97 Å². The quantitative estimate of drug-likeness (QED) is 0.779. The van der Waals surface area contributed by atoms with Gasteiger partial charge in [-0.3, -0.25) is 9.59 Å². The Labute approximate surface area is 134 Å². The van der Waals surface area contributed by atoms with Crippen LogP contribution in [0.1, 0.15) is 25.7 Å². The molecule has 2 aromatic rings. The van der Waals surface area contributed by atoms with E-state index in [-0.39, 0.29) is 18.7 Å². The molecular formula is C12H11Cl2N3O3S. The molecule has 1 amide bonds. The summed E-state index contributed by atoms with van der Waals surface area (Å²) in [6.07, 6.45) is 1.20. The lowest BCUT2D eigenvalue weighted by atomic mass is 10.2. The third-order valence-corrected chi connectivity index (χ3v) is 3.87. The van der Waals surface area contributed by atoms with E-state index in [1.807, 2.05) is 0 Å². The van der Waals surface area contributed by atoms with E-state index in [0.717, 1.165) is 11.7 Å². The standard InChI is InChI=1S/C12H11Cl2N3O3S/c13-6-5-7(14)11-12(17-21-16-11)10(6)15-8(18)3-1-2-4-9(19)20/h5H,1-4H2,(H,15,18)(H,19,20). The Balaban J connectivity index is 2.04. The van der Waals surface area contributed by atoms with Gasteiger partial charge in [0.1, 0.15) is 11.0 Å². The van der Waals surface area contributed by atoms with Crippen molar-refractivity contribution in [1.29, 1.82) is 0 Å². The minimum absolute atomic E-state index is 0.0508. The van der Waals surface area contributed by atoms with E-state index in [0.29, 0.717) is 39.6 Å². The van der Waals surface area contributed by atoms with Crippen molar-refractivity contribution in [3.63, 3.8) is 0 Å². The summed E-state index contributed by atoms with van der Waals surface area (Å²) in [4.78, 5) is 22.2. The van der Waals surface area contributed by atoms with Crippen LogP contribution in [-0.4, -0.2) is 25.7 Å². The number of carbonyl (C=O) groups is 2. The van der Waals surface area contributed by atoms with Gasteiger partial charge >= 0.3 is 5.97 Å². The minimum Gasteiger partial charge on any atom is -0.481 e. The van der Waals surface area contributed by atoms with E-state index >= 15 is 0 Å². The number of anilines is 1. The fraction of sp³-hybridized carbons (Fsp3) is 0.333. The largest absolute Gasteiger partial charge is 0.481 e. The number of rotatable bonds is 6. The summed E-state index contributed by atoms with van der Waals surface area (Å²) in [5.74, 6) is -1.12. The van der Waals surface area contributed by atoms with Crippen molar-refractivity contribution in [1.82, 2.24) is 8.75 Å². The molecule has 2 rings (SSSR count). The van der Waals surface area contributed by atoms with E-state index in [1.165, 1.54) is 6.07 Å². The van der Waals surface area contributed by atoms with E-state index in [1.54, 1.807) is 0 Å². The van der Waals surface area contributed by atoms with Gasteiger partial charge in [-0.15, -0.1) is 0 Å². The molecule has 2 N–H and O–H groups in total. The number of nitrogens with zero attached hydrogens (tertiary/aromatic N) is 2. The number of carboxylic acids is 1. The van der Waals surface area contributed by atoms with Crippen LogP contribution in [0.5, 0.6) is 0 Å². The van der Waals surface area contributed by atoms with Crippen LogP contribution in [0.4, 0.5) is 5.69 Å². The van der Waals surface area contributed by atoms with Crippen LogP contribution in [0.15, 0.2) is 6.07 Å². The summed E-state index contributed by atoms with van der Waals surface area (Å²) in [7, 11) is 0. The fourth-order valence-electron chi connectivity index (χ4n) is 1.76. The molecule has 112 valence electrons. The second-order valence-corrected chi connectivity index (χ2v) is 5.67. The number of halogens is 2. The number of aliphatic carboxylic acids is 1. The number of hydrogen-bond donors (Lipinski definition) is 2. The van der Waals surface area contributed by atoms with Gasteiger partial charge < -0.3 is 10.4 Å². The number of unbranched alkanes of at least 4 members (excludes halogenated alkanes) is 1. The molecule has 1 aromatic carbocycles. The van der Waals surface area contributed by atoms with Gasteiger partial charge in [0.2, 0.25) is 5.91 Å². The van der Waals surface area contributed by atoms with Gasteiger partial charge in [-0.05, 0) is 18.9 Å². The van der Waals surface area contributed by atoms with Gasteiger partial charge in [0.15, 0.2) is 0 Å². The molecule has 0 spiro atoms. The highest BCUT2D eigenvalue weighted by Crippen LogP contribution is 2.35. The van der Waals surface area contributed by atoms with Crippen molar-refractivity contribution in [2.75, 3.05) is 5.32 Å². The first-order chi connectivity index (χ1) is 9.99. The summed E-state index contributed by atoms with van der Waals surface area (Å²) < 4.78 is 8.13. The molecule has 0 bridgehead atoms. The van der Waals surface area contributed by atoms with Gasteiger partial charge in [-0.25, -0.2) is 0 Å². The summed E-state index contributed by atoms with van der Waals surface area (Å²) in [6, 6.07) is 1.51. The van der Waals surface area contributed by atoms with Crippen molar-refractivity contribution in [2.45, 2.75) is 25.7 Å². The number of carbonyl (C=O) groups excluding carboxylic acids is 1. The van der Waals surface area contributed by atoms with Crippen LogP contribution in [0.2, 0.25) is 10.0 Å². The molecule has 1 heterocycles. The number of aromatic nitrogens is 2. The molecule has 0 radical (unpaired) electrons. The third kappa shape index (κ3) is 4.03. The van der Waals surface area contributed by atoms with Gasteiger partial charge in [0, 0.05) is 12.8 Å². The molecule has 9 heteroatoms. The topological polar surface area (TPSA) is 92.2 Å². The average Bonchev–Trinajstić information content (AvgIpc) is 2.89. The third-order valence-electron chi connectivity index (χ3n) is 2.75. The highest BCUT2D eigenvalue weighted by molar-refractivity contribution is 7.00. The van der Waals surface area contributed by atoms with Gasteiger partial charge in [-0.2, -0.15) is 8.75 Å². The summed E-state index contributed by atoms with van der Waals surface area (Å²) in [6.45, 7) is 0. The Morgan fingerprint density at radius 1 is 1.14 bits per heavy atom. The van der Waals surface area contributed by atoms with Gasteiger partial charge in [0.05, 0.1) is 27.5 Å². The zero-order valence-corrected chi connectivity index (χ0v) is 13.1. The SMILES string of the molecule is O=C(O)CCCCC(=O)Nc1c(Cl)cc(Cl)c2nsnc12. The van der Waals surface area contributed by atoms with Crippen molar-refractivity contribution < 1.29 is 14.7 Å². The van der Waals surface area contributed by atoms with Crippen LogP contribution in [0.3, 0.4) is 0 Å². The molecular weight excluding hydrogens is 337 g/mol. The highest BCUT2D eigenvalue weighted by atomic mass is 35.5. The van der Waals surface area contributed by atoms with Crippen LogP contribution < -0.4 is 5.32 Å². The Morgan fingerprint density at radius 3 is 2.52 bits per heavy atom. The number of nitrogens with one attached hydrogen (secondary N) is 1. The maximum Gasteiger partial charge on any atom is 0.303 e. The maximum atomic E-state index is 11.9. The van der Waals surface area contributed by atoms with E-state index in [4.69, 9.17) is 28.3 Å². The summed E-state index contributed by atoms with van der Waals surface area (Å²) >= 11 is 13.1. The zero-order valence-electron chi connectivity index (χ0n) is 10.7. The molecule has 0 saturated carbocycles. The first kappa shape index (κ1) is 15.9. The Morgan fingerprint density at radius 2 is 1.81 bits per heavy atom. The number of amides is 1. The van der Waals surface area contributed by atoms with Crippen LogP contribution in [0, 0.1) is 0 Å². The number of fused-ring (bicyclic) bond motifs is 1. The predicted molar refractivity (Wildman–Crippen MR) is 82.2 cm³/mol. The lowest BCUT2D eigenvalue weighted by molar-refractivity contribution is -0.137. The highest BCUT2D eigenvalue weighted by Gasteiger charge is 2.16. The maximum absolute atomic E-state index is 11.9. The lowest BCUT2D eigenvalue weighted by Crippen LogP contribution is -2.12. The van der Waals surface area contributed by atoms with Crippen LogP contribution >= 0.6 is 34.9 Å². The molecule has 0 saturated heterocycles. The predicted octanol–water partition coefficient (Wildman–Crippen LogP) is 3.58. The Hall–Kier alpha value is -1.44.